The van der Waals surface area contributed by atoms with Gasteiger partial charge in [0, 0.05) is 63.4 Å². The third-order valence-corrected chi connectivity index (χ3v) is 9.50. The fourth-order valence-electron chi connectivity index (χ4n) is 6.13. The molecule has 1 saturated carbocycles. The predicted octanol–water partition coefficient (Wildman–Crippen LogP) is 5.55. The van der Waals surface area contributed by atoms with Crippen molar-refractivity contribution >= 4 is 34.2 Å². The number of alkyl halides is 2. The van der Waals surface area contributed by atoms with E-state index in [1.807, 2.05) is 11.8 Å². The lowest BCUT2D eigenvalue weighted by Crippen LogP contribution is -2.54. The zero-order valence-corrected chi connectivity index (χ0v) is 26.2. The van der Waals surface area contributed by atoms with E-state index in [-0.39, 0.29) is 47.7 Å². The summed E-state index contributed by atoms with van der Waals surface area (Å²) in [5, 5.41) is 9.93. The molecule has 1 atom stereocenters. The number of likely N-dealkylation sites (tertiary alicyclic amines) is 1. The van der Waals surface area contributed by atoms with E-state index >= 15 is 0 Å². The van der Waals surface area contributed by atoms with Crippen molar-refractivity contribution in [3.63, 3.8) is 0 Å². The lowest BCUT2D eigenvalue weighted by molar-refractivity contribution is -0.133. The predicted molar refractivity (Wildman–Crippen MR) is 159 cm³/mol. The lowest BCUT2D eigenvalue weighted by atomic mass is 9.85. The summed E-state index contributed by atoms with van der Waals surface area (Å²) in [6.45, 7) is 3.95. The SMILES string of the molecule is CCN(C(=O)Cc1ccc(S(C)(=O)=O)cc1)C1CCN(CC[C@@H](c2cc(F)cc(F)c2)N(C(=O)O)C2CC(F)(F)C2)CC1.Cl. The zero-order chi connectivity index (χ0) is 31.5. The molecule has 1 heterocycles. The van der Waals surface area contributed by atoms with E-state index in [4.69, 9.17) is 0 Å². The first-order valence-corrected chi connectivity index (χ1v) is 16.2. The summed E-state index contributed by atoms with van der Waals surface area (Å²) in [5.74, 6) is -4.79. The maximum atomic E-state index is 14.1. The van der Waals surface area contributed by atoms with Crippen LogP contribution in [0.15, 0.2) is 47.4 Å². The maximum Gasteiger partial charge on any atom is 0.408 e. The molecule has 44 heavy (non-hydrogen) atoms. The van der Waals surface area contributed by atoms with Gasteiger partial charge in [-0.2, -0.15) is 0 Å². The number of carbonyl (C=O) groups is 2. The van der Waals surface area contributed by atoms with E-state index in [0.29, 0.717) is 50.7 Å². The molecular weight excluding hydrogens is 626 g/mol. The molecule has 8 nitrogen and oxygen atoms in total. The Morgan fingerprint density at radius 1 is 1.02 bits per heavy atom. The quantitative estimate of drug-likeness (QED) is 0.317. The molecule has 2 amide bonds. The van der Waals surface area contributed by atoms with Crippen LogP contribution in [0.25, 0.3) is 0 Å². The number of hydrogen-bond donors (Lipinski definition) is 1. The smallest absolute Gasteiger partial charge is 0.408 e. The van der Waals surface area contributed by atoms with Crippen molar-refractivity contribution in [1.82, 2.24) is 14.7 Å². The number of sulfone groups is 1. The molecule has 0 spiro atoms. The van der Waals surface area contributed by atoms with E-state index in [1.54, 1.807) is 12.1 Å². The van der Waals surface area contributed by atoms with Gasteiger partial charge in [-0.3, -0.25) is 9.69 Å². The van der Waals surface area contributed by atoms with Crippen molar-refractivity contribution in [2.45, 2.75) is 74.4 Å². The summed E-state index contributed by atoms with van der Waals surface area (Å²) < 4.78 is 78.9. The summed E-state index contributed by atoms with van der Waals surface area (Å²) in [6, 6.07) is 7.03. The van der Waals surface area contributed by atoms with Crippen LogP contribution in [0.3, 0.4) is 0 Å². The van der Waals surface area contributed by atoms with E-state index in [1.165, 1.54) is 12.1 Å². The molecule has 1 aliphatic carbocycles. The molecule has 2 aromatic rings. The second-order valence-electron chi connectivity index (χ2n) is 11.5. The van der Waals surface area contributed by atoms with Crippen molar-refractivity contribution in [3.05, 3.63) is 65.2 Å². The Balaban J connectivity index is 0.00000529. The highest BCUT2D eigenvalue weighted by Gasteiger charge is 2.51. The number of benzene rings is 2. The number of piperidine rings is 1. The fraction of sp³-hybridized carbons (Fsp3) is 0.533. The fourth-order valence-corrected chi connectivity index (χ4v) is 6.76. The number of carbonyl (C=O) groups excluding carboxylic acids is 1. The first kappa shape index (κ1) is 35.6. The van der Waals surface area contributed by atoms with Gasteiger partial charge in [0.2, 0.25) is 5.91 Å². The van der Waals surface area contributed by atoms with Crippen LogP contribution in [0.4, 0.5) is 22.4 Å². The number of hydrogen-bond acceptors (Lipinski definition) is 5. The minimum atomic E-state index is -3.33. The Morgan fingerprint density at radius 2 is 1.59 bits per heavy atom. The van der Waals surface area contributed by atoms with Gasteiger partial charge in [-0.15, -0.1) is 12.4 Å². The van der Waals surface area contributed by atoms with Gasteiger partial charge < -0.3 is 14.9 Å². The van der Waals surface area contributed by atoms with Gasteiger partial charge in [-0.25, -0.2) is 30.8 Å². The molecule has 4 rings (SSSR count). The third-order valence-electron chi connectivity index (χ3n) is 8.37. The van der Waals surface area contributed by atoms with Crippen LogP contribution in [-0.4, -0.2) is 90.7 Å². The second-order valence-corrected chi connectivity index (χ2v) is 13.5. The van der Waals surface area contributed by atoms with Crippen LogP contribution in [0.1, 0.15) is 56.2 Å². The van der Waals surface area contributed by atoms with Crippen molar-refractivity contribution in [1.29, 1.82) is 0 Å². The van der Waals surface area contributed by atoms with Crippen LogP contribution < -0.4 is 0 Å². The molecule has 2 fully saturated rings. The summed E-state index contributed by atoms with van der Waals surface area (Å²) in [6.07, 6.45) is 0.0296. The van der Waals surface area contributed by atoms with Gasteiger partial charge in [-0.1, -0.05) is 12.1 Å². The van der Waals surface area contributed by atoms with Gasteiger partial charge >= 0.3 is 6.09 Å². The maximum absolute atomic E-state index is 14.1. The number of rotatable bonds is 11. The van der Waals surface area contributed by atoms with Crippen molar-refractivity contribution in [3.8, 4) is 0 Å². The minimum Gasteiger partial charge on any atom is -0.465 e. The highest BCUT2D eigenvalue weighted by Crippen LogP contribution is 2.44. The molecule has 1 aliphatic heterocycles. The number of halogens is 5. The van der Waals surface area contributed by atoms with Crippen molar-refractivity contribution in [2.75, 3.05) is 32.4 Å². The van der Waals surface area contributed by atoms with Crippen molar-refractivity contribution in [2.24, 2.45) is 0 Å². The monoisotopic (exact) mass is 663 g/mol. The summed E-state index contributed by atoms with van der Waals surface area (Å²) in [5.41, 5.74) is 0.789. The number of nitrogens with zero attached hydrogens (tertiary/aromatic N) is 3. The number of carboxylic acid groups (broad SMARTS) is 1. The first-order chi connectivity index (χ1) is 20.2. The van der Waals surface area contributed by atoms with E-state index in [0.717, 1.165) is 23.3 Å². The van der Waals surface area contributed by atoms with Gasteiger partial charge in [-0.05, 0) is 61.6 Å². The molecule has 1 saturated heterocycles. The van der Waals surface area contributed by atoms with Gasteiger partial charge in [0.15, 0.2) is 9.84 Å². The van der Waals surface area contributed by atoms with Crippen LogP contribution in [0, 0.1) is 11.6 Å². The molecule has 14 heteroatoms. The van der Waals surface area contributed by atoms with Crippen LogP contribution in [-0.2, 0) is 21.1 Å². The molecule has 2 aromatic carbocycles. The van der Waals surface area contributed by atoms with Crippen LogP contribution >= 0.6 is 12.4 Å². The van der Waals surface area contributed by atoms with Gasteiger partial charge in [0.05, 0.1) is 17.4 Å². The summed E-state index contributed by atoms with van der Waals surface area (Å²) in [4.78, 5) is 30.3. The minimum absolute atomic E-state index is 0. The topological polar surface area (TPSA) is 98.2 Å². The first-order valence-electron chi connectivity index (χ1n) is 14.3. The van der Waals surface area contributed by atoms with Gasteiger partial charge in [0.25, 0.3) is 5.92 Å². The van der Waals surface area contributed by atoms with Gasteiger partial charge in [0.1, 0.15) is 11.6 Å². The standard InChI is InChI=1S/C30H37F4N3O5S.ClH/c1-3-36(28(38)14-20-4-6-26(7-5-20)43(2,41)42)24-8-11-35(12-9-24)13-10-27(21-15-22(31)17-23(32)16-21)37(29(39)40)25-18-30(33,34)19-25;/h4-7,15-17,24-25,27H,3,8-14,18-19H2,1-2H3,(H,39,40);1H/t27-;/m0./s1. The van der Waals surface area contributed by atoms with Crippen LogP contribution in [0.5, 0.6) is 0 Å². The second kappa shape index (κ2) is 14.5. The van der Waals surface area contributed by atoms with E-state index in [2.05, 4.69) is 4.90 Å². The van der Waals surface area contributed by atoms with E-state index in [9.17, 15) is 40.7 Å². The Kier molecular flexibility index (Phi) is 11.7. The summed E-state index contributed by atoms with van der Waals surface area (Å²) >= 11 is 0. The number of likely N-dealkylation sites (N-methyl/N-ethyl adjacent to an activating group) is 1. The Hall–Kier alpha value is -2.90. The Bertz CT molecular complexity index is 1390. The normalized spacial score (nSPS) is 18.1. The molecule has 0 unspecified atom stereocenters. The third kappa shape index (κ3) is 8.85. The van der Waals surface area contributed by atoms with E-state index < -0.39 is 58.4 Å². The largest absolute Gasteiger partial charge is 0.465 e. The molecule has 0 bridgehead atoms. The van der Waals surface area contributed by atoms with Crippen LogP contribution in [0.2, 0.25) is 0 Å². The molecule has 1 N–H and O–H groups in total. The zero-order valence-electron chi connectivity index (χ0n) is 24.6. The van der Waals surface area contributed by atoms with Crippen molar-refractivity contribution < 1.29 is 40.7 Å². The molecule has 2 aliphatic rings. The lowest BCUT2D eigenvalue weighted by Gasteiger charge is -2.45. The molecule has 0 aromatic heterocycles. The highest BCUT2D eigenvalue weighted by atomic mass is 35.5. The molecule has 244 valence electrons. The number of amides is 2. The molecule has 0 radical (unpaired) electrons. The average molecular weight is 664 g/mol. The average Bonchev–Trinajstić information content (AvgIpc) is 2.90. The molecular formula is C30H38ClF4N3O5S. The Labute approximate surface area is 261 Å². The highest BCUT2D eigenvalue weighted by molar-refractivity contribution is 7.90. The summed E-state index contributed by atoms with van der Waals surface area (Å²) in [7, 11) is -3.33. The Morgan fingerprint density at radius 3 is 2.07 bits per heavy atom.